The Kier molecular flexibility index (Phi) is 7.53. The third-order valence-corrected chi connectivity index (χ3v) is 7.44. The van der Waals surface area contributed by atoms with Gasteiger partial charge in [-0.25, -0.2) is 10.0 Å². The van der Waals surface area contributed by atoms with Crippen molar-refractivity contribution in [3.05, 3.63) is 99.0 Å². The SMILES string of the molecule is O=C(O)CCCC(=O)N1N=C(C2=C(c3ccccc3)C3C=C(Cl)C=CC3=NC2=O)CC1c1ccc(Br)cc1. The summed E-state index contributed by atoms with van der Waals surface area (Å²) < 4.78 is 0.895. The van der Waals surface area contributed by atoms with Gasteiger partial charge < -0.3 is 5.11 Å². The van der Waals surface area contributed by atoms with E-state index in [0.29, 0.717) is 28.4 Å². The van der Waals surface area contributed by atoms with E-state index in [9.17, 15) is 14.4 Å². The minimum absolute atomic E-state index is 0.0305. The van der Waals surface area contributed by atoms with E-state index in [0.717, 1.165) is 21.2 Å². The number of amides is 2. The highest BCUT2D eigenvalue weighted by Gasteiger charge is 2.40. The van der Waals surface area contributed by atoms with Crippen molar-refractivity contribution in [3.63, 3.8) is 0 Å². The molecule has 192 valence electrons. The van der Waals surface area contributed by atoms with Crippen LogP contribution in [0, 0.1) is 5.92 Å². The fourth-order valence-electron chi connectivity index (χ4n) is 4.91. The normalized spacial score (nSPS) is 20.6. The van der Waals surface area contributed by atoms with Gasteiger partial charge in [0.2, 0.25) is 5.91 Å². The van der Waals surface area contributed by atoms with Crippen LogP contribution in [0.25, 0.3) is 5.57 Å². The Labute approximate surface area is 233 Å². The number of aliphatic carboxylic acids is 1. The molecule has 0 bridgehead atoms. The van der Waals surface area contributed by atoms with Crippen LogP contribution in [0.2, 0.25) is 0 Å². The van der Waals surface area contributed by atoms with E-state index in [1.165, 1.54) is 5.01 Å². The number of fused-ring (bicyclic) bond motifs is 1. The Hall–Kier alpha value is -3.62. The van der Waals surface area contributed by atoms with Crippen LogP contribution in [-0.2, 0) is 14.4 Å². The fraction of sp³-hybridized carbons (Fsp3) is 0.207. The van der Waals surface area contributed by atoms with Crippen molar-refractivity contribution >= 4 is 62.3 Å². The molecule has 2 aromatic carbocycles. The second-order valence-electron chi connectivity index (χ2n) is 9.16. The molecule has 2 unspecified atom stereocenters. The predicted molar refractivity (Wildman–Crippen MR) is 150 cm³/mol. The minimum atomic E-state index is -0.958. The van der Waals surface area contributed by atoms with Gasteiger partial charge >= 0.3 is 5.97 Å². The number of carboxylic acids is 1. The van der Waals surface area contributed by atoms with E-state index >= 15 is 0 Å². The van der Waals surface area contributed by atoms with Crippen LogP contribution in [0.5, 0.6) is 0 Å². The Bertz CT molecular complexity index is 1460. The first-order chi connectivity index (χ1) is 18.3. The van der Waals surface area contributed by atoms with Crippen LogP contribution in [0.4, 0.5) is 0 Å². The molecule has 0 radical (unpaired) electrons. The number of carbonyl (C=O) groups excluding carboxylic acids is 2. The van der Waals surface area contributed by atoms with Gasteiger partial charge in [0.05, 0.1) is 23.0 Å². The number of hydrogen-bond acceptors (Lipinski definition) is 4. The lowest BCUT2D eigenvalue weighted by Gasteiger charge is -2.27. The molecule has 0 saturated heterocycles. The quantitative estimate of drug-likeness (QED) is 0.421. The summed E-state index contributed by atoms with van der Waals surface area (Å²) in [7, 11) is 0. The molecule has 2 aromatic rings. The van der Waals surface area contributed by atoms with Crippen molar-refractivity contribution in [2.75, 3.05) is 0 Å². The van der Waals surface area contributed by atoms with Gasteiger partial charge in [-0.2, -0.15) is 5.10 Å². The van der Waals surface area contributed by atoms with Crippen molar-refractivity contribution in [3.8, 4) is 0 Å². The summed E-state index contributed by atoms with van der Waals surface area (Å²) in [4.78, 5) is 42.1. The van der Waals surface area contributed by atoms with Crippen LogP contribution in [0.1, 0.15) is 42.9 Å². The Balaban J connectivity index is 1.60. The van der Waals surface area contributed by atoms with Gasteiger partial charge in [-0.05, 0) is 47.4 Å². The maximum atomic E-state index is 13.5. The van der Waals surface area contributed by atoms with E-state index in [1.54, 1.807) is 12.2 Å². The van der Waals surface area contributed by atoms with Crippen LogP contribution in [0.3, 0.4) is 0 Å². The number of benzene rings is 2. The molecular formula is C29H23BrClN3O4. The number of carboxylic acid groups (broad SMARTS) is 1. The van der Waals surface area contributed by atoms with Gasteiger partial charge in [0.15, 0.2) is 0 Å². The first kappa shape index (κ1) is 26.0. The Morgan fingerprint density at radius 2 is 1.79 bits per heavy atom. The molecule has 5 rings (SSSR count). The zero-order chi connectivity index (χ0) is 26.8. The van der Waals surface area contributed by atoms with E-state index in [2.05, 4.69) is 20.9 Å². The highest BCUT2D eigenvalue weighted by atomic mass is 79.9. The van der Waals surface area contributed by atoms with Crippen molar-refractivity contribution < 1.29 is 19.5 Å². The molecule has 0 saturated carbocycles. The van der Waals surface area contributed by atoms with Gasteiger partial charge in [0.1, 0.15) is 0 Å². The zero-order valence-electron chi connectivity index (χ0n) is 20.2. The molecule has 0 aromatic heterocycles. The number of hydrazone groups is 1. The highest BCUT2D eigenvalue weighted by molar-refractivity contribution is 9.10. The number of allylic oxidation sites excluding steroid dienone is 5. The van der Waals surface area contributed by atoms with Crippen molar-refractivity contribution in [2.24, 2.45) is 16.0 Å². The first-order valence-corrected chi connectivity index (χ1v) is 13.3. The molecule has 2 amide bonds. The van der Waals surface area contributed by atoms with Crippen LogP contribution >= 0.6 is 27.5 Å². The average Bonchev–Trinajstić information content (AvgIpc) is 3.34. The molecule has 1 aliphatic carbocycles. The third kappa shape index (κ3) is 5.33. The van der Waals surface area contributed by atoms with Crippen LogP contribution in [0.15, 0.2) is 98.0 Å². The number of hydrogen-bond donors (Lipinski definition) is 1. The van der Waals surface area contributed by atoms with Gasteiger partial charge in [0, 0.05) is 34.7 Å². The lowest BCUT2D eigenvalue weighted by molar-refractivity contribution is -0.137. The average molecular weight is 593 g/mol. The van der Waals surface area contributed by atoms with Crippen molar-refractivity contribution in [2.45, 2.75) is 31.7 Å². The lowest BCUT2D eigenvalue weighted by atomic mass is 9.79. The molecule has 38 heavy (non-hydrogen) atoms. The summed E-state index contributed by atoms with van der Waals surface area (Å²) in [6, 6.07) is 16.7. The van der Waals surface area contributed by atoms with E-state index in [1.807, 2.05) is 60.7 Å². The van der Waals surface area contributed by atoms with E-state index < -0.39 is 17.9 Å². The lowest BCUT2D eigenvalue weighted by Crippen LogP contribution is -2.27. The molecule has 2 aliphatic heterocycles. The van der Waals surface area contributed by atoms with Gasteiger partial charge in [-0.1, -0.05) is 76.1 Å². The monoisotopic (exact) mass is 591 g/mol. The number of rotatable bonds is 7. The molecule has 0 fully saturated rings. The van der Waals surface area contributed by atoms with Crippen LogP contribution < -0.4 is 0 Å². The van der Waals surface area contributed by atoms with Gasteiger partial charge in [-0.3, -0.25) is 14.4 Å². The first-order valence-electron chi connectivity index (χ1n) is 12.2. The molecule has 1 N–H and O–H groups in total. The van der Waals surface area contributed by atoms with Crippen molar-refractivity contribution in [1.82, 2.24) is 5.01 Å². The van der Waals surface area contributed by atoms with Gasteiger partial charge in [-0.15, -0.1) is 0 Å². The van der Waals surface area contributed by atoms with Crippen LogP contribution in [-0.4, -0.2) is 39.3 Å². The molecule has 0 spiro atoms. The predicted octanol–water partition coefficient (Wildman–Crippen LogP) is 6.08. The summed E-state index contributed by atoms with van der Waals surface area (Å²) in [5.41, 5.74) is 3.89. The summed E-state index contributed by atoms with van der Waals surface area (Å²) in [5.74, 6) is -2.01. The number of carbonyl (C=O) groups is 3. The molecule has 2 heterocycles. The smallest absolute Gasteiger partial charge is 0.303 e. The molecule has 3 aliphatic rings. The summed E-state index contributed by atoms with van der Waals surface area (Å²) in [6.45, 7) is 0. The third-order valence-electron chi connectivity index (χ3n) is 6.66. The molecule has 7 nitrogen and oxygen atoms in total. The number of nitrogens with zero attached hydrogens (tertiary/aromatic N) is 3. The van der Waals surface area contributed by atoms with Crippen molar-refractivity contribution in [1.29, 1.82) is 0 Å². The Morgan fingerprint density at radius 3 is 2.50 bits per heavy atom. The number of halogens is 2. The maximum absolute atomic E-state index is 13.5. The maximum Gasteiger partial charge on any atom is 0.303 e. The summed E-state index contributed by atoms with van der Waals surface area (Å²) in [5, 5.41) is 15.6. The number of dihydropyridines is 1. The topological polar surface area (TPSA) is 99.4 Å². The second-order valence-corrected chi connectivity index (χ2v) is 10.5. The summed E-state index contributed by atoms with van der Waals surface area (Å²) in [6.07, 6.45) is 5.77. The van der Waals surface area contributed by atoms with Gasteiger partial charge in [0.25, 0.3) is 5.91 Å². The molecule has 9 heteroatoms. The largest absolute Gasteiger partial charge is 0.481 e. The highest BCUT2D eigenvalue weighted by Crippen LogP contribution is 2.41. The second kappa shape index (κ2) is 11.0. The fourth-order valence-corrected chi connectivity index (χ4v) is 5.37. The summed E-state index contributed by atoms with van der Waals surface area (Å²) >= 11 is 9.81. The zero-order valence-corrected chi connectivity index (χ0v) is 22.5. The molecular weight excluding hydrogens is 570 g/mol. The number of aliphatic imine (C=N–C) groups is 1. The minimum Gasteiger partial charge on any atom is -0.481 e. The Morgan fingerprint density at radius 1 is 1.05 bits per heavy atom. The standard InChI is InChI=1S/C29H23BrClN3O4/c30-19-11-9-17(10-12-19)24-16-23(33-34(24)25(35)7-4-8-26(36)37)28-27(18-5-2-1-3-6-18)21-15-20(31)13-14-22(21)32-29(28)38/h1-3,5-6,9-15,21,24H,4,7-8,16H2,(H,36,37). The van der Waals surface area contributed by atoms with E-state index in [4.69, 9.17) is 21.8 Å². The molecule has 2 atom stereocenters. The van der Waals surface area contributed by atoms with E-state index in [-0.39, 0.29) is 31.1 Å².